The van der Waals surface area contributed by atoms with E-state index in [1.165, 1.54) is 0 Å². The van der Waals surface area contributed by atoms with Gasteiger partial charge in [0.15, 0.2) is 0 Å². The van der Waals surface area contributed by atoms with Crippen LogP contribution < -0.4 is 5.32 Å². The highest BCUT2D eigenvalue weighted by atomic mass is 35.5. The third-order valence-corrected chi connectivity index (χ3v) is 5.88. The second-order valence-corrected chi connectivity index (χ2v) is 8.00. The van der Waals surface area contributed by atoms with Gasteiger partial charge in [-0.25, -0.2) is 4.68 Å². The summed E-state index contributed by atoms with van der Waals surface area (Å²) in [4.78, 5) is 15.6. The molecule has 1 aromatic heterocycles. The number of methoxy groups -OCH3 is 1. The van der Waals surface area contributed by atoms with Gasteiger partial charge in [0.05, 0.1) is 24.4 Å². The Balaban J connectivity index is 1.80. The van der Waals surface area contributed by atoms with E-state index in [1.807, 2.05) is 36.1 Å². The van der Waals surface area contributed by atoms with Gasteiger partial charge in [0.25, 0.3) is 5.91 Å². The van der Waals surface area contributed by atoms with Crippen molar-refractivity contribution >= 4 is 34.9 Å². The van der Waals surface area contributed by atoms with Gasteiger partial charge >= 0.3 is 0 Å². The number of aromatic nitrogens is 2. The van der Waals surface area contributed by atoms with Gasteiger partial charge in [0.2, 0.25) is 0 Å². The summed E-state index contributed by atoms with van der Waals surface area (Å²) in [5.41, 5.74) is 2.31. The third-order valence-electron chi connectivity index (χ3n) is 5.37. The SMILES string of the molecule is COCC1CCCN1C(=O)C1=C(C)Nc2c(Cl)cnn2C1c1cccc(Cl)c1. The average Bonchev–Trinajstić information content (AvgIpc) is 3.28. The van der Waals surface area contributed by atoms with Crippen LogP contribution in [-0.4, -0.2) is 46.9 Å². The Labute approximate surface area is 174 Å². The van der Waals surface area contributed by atoms with Crippen molar-refractivity contribution in [3.8, 4) is 0 Å². The Kier molecular flexibility index (Phi) is 5.36. The fraction of sp³-hybridized carbons (Fsp3) is 0.400. The van der Waals surface area contributed by atoms with Crippen LogP contribution in [-0.2, 0) is 9.53 Å². The molecule has 148 valence electrons. The highest BCUT2D eigenvalue weighted by Crippen LogP contribution is 2.40. The largest absolute Gasteiger partial charge is 0.383 e. The van der Waals surface area contributed by atoms with Crippen LogP contribution in [0.5, 0.6) is 0 Å². The van der Waals surface area contributed by atoms with Crippen molar-refractivity contribution in [2.75, 3.05) is 25.6 Å². The first-order valence-electron chi connectivity index (χ1n) is 9.27. The third kappa shape index (κ3) is 3.30. The molecule has 4 rings (SSSR count). The molecule has 2 aromatic rings. The van der Waals surface area contributed by atoms with E-state index < -0.39 is 6.04 Å². The lowest BCUT2D eigenvalue weighted by molar-refractivity contribution is -0.129. The molecule has 0 spiro atoms. The van der Waals surface area contributed by atoms with Crippen LogP contribution in [0.4, 0.5) is 5.82 Å². The van der Waals surface area contributed by atoms with Gasteiger partial charge in [-0.1, -0.05) is 35.3 Å². The number of fused-ring (bicyclic) bond motifs is 1. The normalized spacial score (nSPS) is 21.6. The Morgan fingerprint density at radius 2 is 2.21 bits per heavy atom. The molecule has 2 aliphatic heterocycles. The summed E-state index contributed by atoms with van der Waals surface area (Å²) in [5.74, 6) is 0.669. The molecule has 2 aliphatic rings. The molecule has 1 amide bonds. The molecule has 6 nitrogen and oxygen atoms in total. The number of nitrogens with zero attached hydrogens (tertiary/aromatic N) is 3. The molecular weight excluding hydrogens is 399 g/mol. The molecule has 3 heterocycles. The van der Waals surface area contributed by atoms with Gasteiger partial charge in [-0.05, 0) is 37.5 Å². The van der Waals surface area contributed by atoms with E-state index in [4.69, 9.17) is 27.9 Å². The van der Waals surface area contributed by atoms with E-state index in [2.05, 4.69) is 10.4 Å². The smallest absolute Gasteiger partial charge is 0.254 e. The Morgan fingerprint density at radius 1 is 1.39 bits per heavy atom. The van der Waals surface area contributed by atoms with Crippen molar-refractivity contribution in [1.29, 1.82) is 0 Å². The average molecular weight is 421 g/mol. The molecule has 2 atom stereocenters. The molecule has 8 heteroatoms. The molecule has 1 fully saturated rings. The lowest BCUT2D eigenvalue weighted by Crippen LogP contribution is -2.42. The van der Waals surface area contributed by atoms with Crippen molar-refractivity contribution in [2.45, 2.75) is 31.8 Å². The standard InChI is InChI=1S/C20H22Cl2N4O2/c1-12-17(20(27)25-8-4-7-15(25)11-28-2)18(13-5-3-6-14(21)9-13)26-19(24-12)16(22)10-23-26/h3,5-6,9-10,15,18,24H,4,7-8,11H2,1-2H3. The van der Waals surface area contributed by atoms with Gasteiger partial charge in [0.1, 0.15) is 16.9 Å². The number of hydrogen-bond donors (Lipinski definition) is 1. The molecule has 1 aromatic carbocycles. The Morgan fingerprint density at radius 3 is 2.96 bits per heavy atom. The Bertz CT molecular complexity index is 940. The van der Waals surface area contributed by atoms with Gasteiger partial charge in [0, 0.05) is 24.4 Å². The fourth-order valence-electron chi connectivity index (χ4n) is 4.11. The molecular formula is C20H22Cl2N4O2. The molecule has 1 N–H and O–H groups in total. The molecule has 0 saturated carbocycles. The summed E-state index contributed by atoms with van der Waals surface area (Å²) in [6.07, 6.45) is 3.51. The minimum absolute atomic E-state index is 0.00759. The van der Waals surface area contributed by atoms with Crippen LogP contribution in [0.25, 0.3) is 0 Å². The van der Waals surface area contributed by atoms with E-state index in [0.717, 1.165) is 30.6 Å². The number of likely N-dealkylation sites (tertiary alicyclic amines) is 1. The number of rotatable bonds is 4. The highest BCUT2D eigenvalue weighted by Gasteiger charge is 2.39. The maximum absolute atomic E-state index is 13.6. The molecule has 0 radical (unpaired) electrons. The number of carbonyl (C=O) groups is 1. The number of benzene rings is 1. The van der Waals surface area contributed by atoms with Gasteiger partial charge in [-0.15, -0.1) is 0 Å². The minimum atomic E-state index is -0.404. The first-order valence-corrected chi connectivity index (χ1v) is 10.0. The summed E-state index contributed by atoms with van der Waals surface area (Å²) in [6, 6.07) is 7.20. The van der Waals surface area contributed by atoms with E-state index in [-0.39, 0.29) is 11.9 Å². The minimum Gasteiger partial charge on any atom is -0.383 e. The molecule has 1 saturated heterocycles. The van der Waals surface area contributed by atoms with Crippen LogP contribution in [0.2, 0.25) is 10.0 Å². The summed E-state index contributed by atoms with van der Waals surface area (Å²) >= 11 is 12.6. The second kappa shape index (κ2) is 7.78. The van der Waals surface area contributed by atoms with E-state index in [0.29, 0.717) is 28.0 Å². The van der Waals surface area contributed by atoms with Crippen LogP contribution in [0, 0.1) is 0 Å². The van der Waals surface area contributed by atoms with Crippen molar-refractivity contribution in [3.05, 3.63) is 57.3 Å². The fourth-order valence-corrected chi connectivity index (χ4v) is 4.49. The number of anilines is 1. The first-order chi connectivity index (χ1) is 13.5. The first kappa shape index (κ1) is 19.3. The lowest BCUT2D eigenvalue weighted by Gasteiger charge is -2.33. The topological polar surface area (TPSA) is 59.4 Å². The monoisotopic (exact) mass is 420 g/mol. The summed E-state index contributed by atoms with van der Waals surface area (Å²) in [6.45, 7) is 3.16. The van der Waals surface area contributed by atoms with Crippen molar-refractivity contribution < 1.29 is 9.53 Å². The van der Waals surface area contributed by atoms with Gasteiger partial charge in [-0.2, -0.15) is 5.10 Å². The number of halogens is 2. The molecule has 0 aliphatic carbocycles. The quantitative estimate of drug-likeness (QED) is 0.807. The molecule has 28 heavy (non-hydrogen) atoms. The summed E-state index contributed by atoms with van der Waals surface area (Å²) in [7, 11) is 1.67. The Hall–Kier alpha value is -2.02. The van der Waals surface area contributed by atoms with Gasteiger partial charge in [-0.3, -0.25) is 4.79 Å². The number of hydrogen-bond acceptors (Lipinski definition) is 4. The van der Waals surface area contributed by atoms with Crippen molar-refractivity contribution in [1.82, 2.24) is 14.7 Å². The van der Waals surface area contributed by atoms with Crippen molar-refractivity contribution in [2.24, 2.45) is 0 Å². The predicted molar refractivity (Wildman–Crippen MR) is 110 cm³/mol. The lowest BCUT2D eigenvalue weighted by atomic mass is 9.94. The number of nitrogens with one attached hydrogen (secondary N) is 1. The van der Waals surface area contributed by atoms with E-state index in [9.17, 15) is 4.79 Å². The summed E-state index contributed by atoms with van der Waals surface area (Å²) < 4.78 is 7.09. The number of ether oxygens (including phenoxy) is 1. The zero-order valence-corrected chi connectivity index (χ0v) is 17.3. The highest BCUT2D eigenvalue weighted by molar-refractivity contribution is 6.33. The zero-order valence-electron chi connectivity index (χ0n) is 15.8. The molecule has 2 unspecified atom stereocenters. The van der Waals surface area contributed by atoms with Crippen molar-refractivity contribution in [3.63, 3.8) is 0 Å². The summed E-state index contributed by atoms with van der Waals surface area (Å²) in [5, 5.41) is 8.82. The number of amides is 1. The number of carbonyl (C=O) groups excluding carboxylic acids is 1. The van der Waals surface area contributed by atoms with E-state index in [1.54, 1.807) is 18.0 Å². The predicted octanol–water partition coefficient (Wildman–Crippen LogP) is 4.12. The van der Waals surface area contributed by atoms with Gasteiger partial charge < -0.3 is 15.0 Å². The van der Waals surface area contributed by atoms with Crippen LogP contribution in [0.3, 0.4) is 0 Å². The molecule has 0 bridgehead atoms. The van der Waals surface area contributed by atoms with Crippen LogP contribution in [0.15, 0.2) is 41.7 Å². The van der Waals surface area contributed by atoms with Crippen LogP contribution in [0.1, 0.15) is 31.4 Å². The van der Waals surface area contributed by atoms with Crippen LogP contribution >= 0.6 is 23.2 Å². The van der Waals surface area contributed by atoms with E-state index >= 15 is 0 Å². The number of allylic oxidation sites excluding steroid dienone is 1. The maximum Gasteiger partial charge on any atom is 0.254 e. The second-order valence-electron chi connectivity index (χ2n) is 7.16. The maximum atomic E-state index is 13.6. The zero-order chi connectivity index (χ0) is 19.8.